The third-order valence-electron chi connectivity index (χ3n) is 6.53. The van der Waals surface area contributed by atoms with Crippen molar-refractivity contribution in [2.75, 3.05) is 18.0 Å². The summed E-state index contributed by atoms with van der Waals surface area (Å²) in [6.07, 6.45) is -0.105. The molecular formula is C23H23F3N6O8S2. The van der Waals surface area contributed by atoms with E-state index in [9.17, 15) is 42.7 Å². The van der Waals surface area contributed by atoms with Crippen molar-refractivity contribution in [2.24, 2.45) is 5.16 Å². The number of thiazole rings is 1. The van der Waals surface area contributed by atoms with Gasteiger partial charge in [-0.3, -0.25) is 19.3 Å². The lowest BCUT2D eigenvalue weighted by Gasteiger charge is -2.49. The number of rotatable bonds is 6. The summed E-state index contributed by atoms with van der Waals surface area (Å²) in [5.41, 5.74) is 5.99. The Balaban J connectivity index is 0.000000517. The second-order valence-electron chi connectivity index (χ2n) is 9.37. The number of carboxylic acid groups (broad SMARTS) is 2. The maximum Gasteiger partial charge on any atom is 0.490 e. The highest BCUT2D eigenvalue weighted by atomic mass is 32.2. The third kappa shape index (κ3) is 6.35. The maximum atomic E-state index is 12.9. The first-order chi connectivity index (χ1) is 19.7. The second-order valence-corrected chi connectivity index (χ2v) is 11.4. The molecule has 19 heteroatoms. The molecule has 3 aliphatic heterocycles. The van der Waals surface area contributed by atoms with Crippen molar-refractivity contribution in [2.45, 2.75) is 49.3 Å². The number of nitrogens with two attached hydrogens (primary N) is 1. The van der Waals surface area contributed by atoms with Gasteiger partial charge in [0.05, 0.1) is 0 Å². The summed E-state index contributed by atoms with van der Waals surface area (Å²) in [6.45, 7) is 0.709. The van der Waals surface area contributed by atoms with Crippen LogP contribution in [0.2, 0.25) is 0 Å². The van der Waals surface area contributed by atoms with Crippen LogP contribution in [0.1, 0.15) is 31.4 Å². The number of β-lactam (4-membered cyclic amide) rings is 1. The number of carbonyl (C=O) groups is 5. The smallest absolute Gasteiger partial charge is 0.477 e. The minimum Gasteiger partial charge on any atom is -0.477 e. The summed E-state index contributed by atoms with van der Waals surface area (Å²) in [5, 5.41) is 32.7. The van der Waals surface area contributed by atoms with Crippen molar-refractivity contribution in [3.8, 4) is 0 Å². The van der Waals surface area contributed by atoms with Gasteiger partial charge in [-0.2, -0.15) is 13.2 Å². The first kappa shape index (κ1) is 30.8. The Kier molecular flexibility index (Phi) is 8.81. The summed E-state index contributed by atoms with van der Waals surface area (Å²) in [7, 11) is 0. The highest BCUT2D eigenvalue weighted by Gasteiger charge is 2.54. The quantitative estimate of drug-likeness (QED) is 0.0980. The number of allylic oxidation sites excluding steroid dienone is 1. The highest BCUT2D eigenvalue weighted by Crippen LogP contribution is 2.41. The number of likely N-dealkylation sites (tertiary alicyclic amines) is 1. The van der Waals surface area contributed by atoms with Gasteiger partial charge in [0.1, 0.15) is 22.8 Å². The molecule has 1 aromatic heterocycles. The molecule has 1 aromatic rings. The Morgan fingerprint density at radius 3 is 2.40 bits per heavy atom. The van der Waals surface area contributed by atoms with Crippen LogP contribution < -0.4 is 11.1 Å². The van der Waals surface area contributed by atoms with E-state index < -0.39 is 47.1 Å². The summed E-state index contributed by atoms with van der Waals surface area (Å²) >= 11 is 2.35. The van der Waals surface area contributed by atoms with Crippen molar-refractivity contribution >= 4 is 63.6 Å². The summed E-state index contributed by atoms with van der Waals surface area (Å²) < 4.78 is 31.7. The Labute approximate surface area is 242 Å². The largest absolute Gasteiger partial charge is 0.490 e. The van der Waals surface area contributed by atoms with Crippen LogP contribution in [0.25, 0.3) is 0 Å². The van der Waals surface area contributed by atoms with Crippen molar-refractivity contribution in [3.05, 3.63) is 34.0 Å². The molecule has 5 rings (SSSR count). The first-order valence-corrected chi connectivity index (χ1v) is 14.1. The van der Waals surface area contributed by atoms with Gasteiger partial charge in [-0.25, -0.2) is 14.6 Å². The number of piperidine rings is 1. The number of fused-ring (bicyclic) bond motifs is 1. The van der Waals surface area contributed by atoms with Crippen LogP contribution in [0.5, 0.6) is 0 Å². The molecule has 6 N–H and O–H groups in total. The first-order valence-electron chi connectivity index (χ1n) is 12.2. The molecule has 0 bridgehead atoms. The monoisotopic (exact) mass is 632 g/mol. The molecule has 0 spiro atoms. The molecular weight excluding hydrogens is 609 g/mol. The fourth-order valence-corrected chi connectivity index (χ4v) is 6.34. The van der Waals surface area contributed by atoms with Gasteiger partial charge in [-0.15, -0.1) is 23.1 Å². The highest BCUT2D eigenvalue weighted by molar-refractivity contribution is 8.00. The fraction of sp³-hybridized carbons (Fsp3) is 0.435. The summed E-state index contributed by atoms with van der Waals surface area (Å²) in [4.78, 5) is 66.4. The molecule has 2 saturated heterocycles. The van der Waals surface area contributed by atoms with E-state index in [0.29, 0.717) is 24.1 Å². The number of nitrogen functional groups attached to an aromatic ring is 1. The zero-order valence-corrected chi connectivity index (χ0v) is 23.0. The van der Waals surface area contributed by atoms with E-state index >= 15 is 0 Å². The van der Waals surface area contributed by atoms with E-state index in [0.717, 1.165) is 35.5 Å². The van der Waals surface area contributed by atoms with Gasteiger partial charge in [0.15, 0.2) is 10.8 Å². The number of aliphatic carboxylic acids is 2. The number of aromatic nitrogens is 1. The Hall–Kier alpha value is -4.13. The number of thioether (sulfide) groups is 1. The van der Waals surface area contributed by atoms with Crippen molar-refractivity contribution in [1.82, 2.24) is 20.1 Å². The standard InChI is InChI=1S/C21H22N6O6S2.C2HF3O2/c22-21-23-12(8-35-21)13(25-33)16(28)24-14-18(30)27-15(20(31)32)10(7-34-19(14)27)6-9-2-1-5-26(17(9)29)11-3-4-11;3-2(4,5)1(6)7/h6,8,11,14,19,33H,1-5,7H2,(H2,22,23)(H,24,28)(H,31,32);(H,6,7)/t14-,19-;/m1./s1. The maximum absolute atomic E-state index is 12.9. The lowest BCUT2D eigenvalue weighted by Crippen LogP contribution is -2.71. The fourth-order valence-electron chi connectivity index (χ4n) is 4.48. The number of halogens is 3. The van der Waals surface area contributed by atoms with Gasteiger partial charge >= 0.3 is 18.1 Å². The van der Waals surface area contributed by atoms with Gasteiger partial charge in [0.25, 0.3) is 11.8 Å². The van der Waals surface area contributed by atoms with Crippen LogP contribution in [0.15, 0.2) is 33.5 Å². The van der Waals surface area contributed by atoms with Gasteiger partial charge in [-0.05, 0) is 37.3 Å². The number of carbonyl (C=O) groups excluding carboxylic acids is 3. The number of anilines is 1. The number of hydrogen-bond donors (Lipinski definition) is 5. The number of hydrogen-bond acceptors (Lipinski definition) is 11. The Morgan fingerprint density at radius 1 is 1.21 bits per heavy atom. The lowest BCUT2D eigenvalue weighted by atomic mass is 9.98. The number of amides is 3. The Morgan fingerprint density at radius 2 is 1.88 bits per heavy atom. The molecule has 4 aliphatic rings. The number of carboxylic acids is 2. The lowest BCUT2D eigenvalue weighted by molar-refractivity contribution is -0.192. The molecule has 4 heterocycles. The van der Waals surface area contributed by atoms with E-state index in [-0.39, 0.29) is 34.2 Å². The predicted octanol–water partition coefficient (Wildman–Crippen LogP) is 0.987. The third-order valence-corrected chi connectivity index (χ3v) is 8.50. The minimum atomic E-state index is -5.08. The van der Waals surface area contributed by atoms with Gasteiger partial charge in [0.2, 0.25) is 5.91 Å². The van der Waals surface area contributed by atoms with Gasteiger partial charge in [-0.1, -0.05) is 5.16 Å². The average Bonchev–Trinajstić information content (AvgIpc) is 3.68. The van der Waals surface area contributed by atoms with Crippen LogP contribution in [0, 0.1) is 0 Å². The molecule has 1 aliphatic carbocycles. The van der Waals surface area contributed by atoms with E-state index in [1.807, 2.05) is 4.90 Å². The second kappa shape index (κ2) is 12.0. The van der Waals surface area contributed by atoms with Crippen LogP contribution in [-0.4, -0.2) is 102 Å². The molecule has 3 amide bonds. The topological polar surface area (TPSA) is 216 Å². The van der Waals surface area contributed by atoms with Crippen molar-refractivity contribution in [1.29, 1.82) is 0 Å². The van der Waals surface area contributed by atoms with Gasteiger partial charge < -0.3 is 31.4 Å². The van der Waals surface area contributed by atoms with E-state index in [2.05, 4.69) is 15.5 Å². The Bertz CT molecular complexity index is 1420. The SMILES string of the molecule is Nc1nc(C(=NO)C(=O)N[C@@H]2C(=O)N3C(C(=O)O)=C(C=C4CCCN(C5CC5)C4=O)CS[C@H]23)cs1.O=C(O)C(F)(F)F. The average molecular weight is 633 g/mol. The van der Waals surface area contributed by atoms with Crippen LogP contribution >= 0.6 is 23.1 Å². The van der Waals surface area contributed by atoms with Crippen molar-refractivity contribution in [3.63, 3.8) is 0 Å². The zero-order chi connectivity index (χ0) is 30.9. The zero-order valence-electron chi connectivity index (χ0n) is 21.3. The van der Waals surface area contributed by atoms with Crippen LogP contribution in [0.3, 0.4) is 0 Å². The number of alkyl halides is 3. The van der Waals surface area contributed by atoms with E-state index in [4.69, 9.17) is 15.6 Å². The van der Waals surface area contributed by atoms with E-state index in [1.54, 1.807) is 6.08 Å². The summed E-state index contributed by atoms with van der Waals surface area (Å²) in [5.74, 6) is -5.29. The minimum absolute atomic E-state index is 0.0600. The predicted molar refractivity (Wildman–Crippen MR) is 140 cm³/mol. The normalized spacial score (nSPS) is 23.6. The number of nitrogens with zero attached hydrogens (tertiary/aromatic N) is 4. The van der Waals surface area contributed by atoms with Crippen LogP contribution in [0.4, 0.5) is 18.3 Å². The molecule has 1 saturated carbocycles. The molecule has 3 fully saturated rings. The molecule has 0 unspecified atom stereocenters. The van der Waals surface area contributed by atoms with Crippen LogP contribution in [-0.2, 0) is 24.0 Å². The molecule has 2 atom stereocenters. The molecule has 14 nitrogen and oxygen atoms in total. The number of oxime groups is 1. The molecule has 0 radical (unpaired) electrons. The molecule has 0 aromatic carbocycles. The summed E-state index contributed by atoms with van der Waals surface area (Å²) in [6, 6.07) is -0.732. The van der Waals surface area contributed by atoms with Crippen molar-refractivity contribution < 1.29 is 52.6 Å². The number of nitrogens with one attached hydrogen (secondary N) is 1. The molecule has 226 valence electrons. The molecule has 42 heavy (non-hydrogen) atoms. The van der Waals surface area contributed by atoms with Gasteiger partial charge in [0, 0.05) is 29.3 Å². The van der Waals surface area contributed by atoms with E-state index in [1.165, 1.54) is 17.1 Å².